The minimum absolute atomic E-state index is 0.189. The molecule has 106 valence electrons. The SMILES string of the molecule is C[C@@H](O)c1ccc(OCc2ccc(F)cc2Br)cc1F. The summed E-state index contributed by atoms with van der Waals surface area (Å²) >= 11 is 3.24. The standard InChI is InChI=1S/C15H13BrF2O2/c1-9(19)13-5-4-12(7-15(13)18)20-8-10-2-3-11(17)6-14(10)16/h2-7,9,19H,8H2,1H3/t9-/m1/s1. The molecule has 0 aliphatic rings. The van der Waals surface area contributed by atoms with Crippen LogP contribution in [0.15, 0.2) is 40.9 Å². The molecule has 0 aliphatic heterocycles. The molecule has 5 heteroatoms. The van der Waals surface area contributed by atoms with Gasteiger partial charge in [0.2, 0.25) is 0 Å². The molecule has 20 heavy (non-hydrogen) atoms. The molecule has 2 aromatic rings. The number of aliphatic hydroxyl groups excluding tert-OH is 1. The quantitative estimate of drug-likeness (QED) is 0.894. The second kappa shape index (κ2) is 6.33. The van der Waals surface area contributed by atoms with Crippen LogP contribution in [0.2, 0.25) is 0 Å². The molecule has 0 saturated heterocycles. The molecule has 0 heterocycles. The Hall–Kier alpha value is -1.46. The first kappa shape index (κ1) is 14.9. The summed E-state index contributed by atoms with van der Waals surface area (Å²) in [6.07, 6.45) is -0.865. The van der Waals surface area contributed by atoms with Crippen LogP contribution in [-0.2, 0) is 6.61 Å². The fourth-order valence-electron chi connectivity index (χ4n) is 1.74. The lowest BCUT2D eigenvalue weighted by Crippen LogP contribution is -2.00. The Morgan fingerprint density at radius 2 is 1.95 bits per heavy atom. The first-order valence-corrected chi connectivity index (χ1v) is 6.81. The van der Waals surface area contributed by atoms with Crippen molar-refractivity contribution in [1.29, 1.82) is 0 Å². The summed E-state index contributed by atoms with van der Waals surface area (Å²) < 4.78 is 32.6. The molecule has 0 amide bonds. The molecule has 0 saturated carbocycles. The van der Waals surface area contributed by atoms with Gasteiger partial charge in [0.1, 0.15) is 24.0 Å². The summed E-state index contributed by atoms with van der Waals surface area (Å²) in [5.74, 6) is -0.508. The van der Waals surface area contributed by atoms with Crippen LogP contribution in [0.5, 0.6) is 5.75 Å². The third-order valence-corrected chi connectivity index (χ3v) is 3.57. The zero-order valence-electron chi connectivity index (χ0n) is 10.7. The zero-order valence-corrected chi connectivity index (χ0v) is 12.3. The maximum atomic E-state index is 13.7. The molecule has 0 bridgehead atoms. The highest BCUT2D eigenvalue weighted by Gasteiger charge is 2.09. The average molecular weight is 343 g/mol. The van der Waals surface area contributed by atoms with Gasteiger partial charge in [0.15, 0.2) is 0 Å². The van der Waals surface area contributed by atoms with Crippen LogP contribution in [0.4, 0.5) is 8.78 Å². The van der Waals surface area contributed by atoms with Crippen molar-refractivity contribution >= 4 is 15.9 Å². The second-order valence-corrected chi connectivity index (χ2v) is 5.24. The molecule has 1 N–H and O–H groups in total. The molecule has 2 aromatic carbocycles. The van der Waals surface area contributed by atoms with Gasteiger partial charge >= 0.3 is 0 Å². The van der Waals surface area contributed by atoms with Crippen LogP contribution in [0.1, 0.15) is 24.2 Å². The van der Waals surface area contributed by atoms with Crippen molar-refractivity contribution in [3.05, 3.63) is 63.6 Å². The van der Waals surface area contributed by atoms with E-state index >= 15 is 0 Å². The molecule has 1 atom stereocenters. The summed E-state index contributed by atoms with van der Waals surface area (Å²) in [6, 6.07) is 8.56. The van der Waals surface area contributed by atoms with Gasteiger partial charge in [0.05, 0.1) is 6.10 Å². The van der Waals surface area contributed by atoms with E-state index in [4.69, 9.17) is 4.74 Å². The van der Waals surface area contributed by atoms with E-state index in [0.717, 1.165) is 5.56 Å². The van der Waals surface area contributed by atoms with Crippen LogP contribution < -0.4 is 4.74 Å². The Bertz CT molecular complexity index is 615. The van der Waals surface area contributed by atoms with Crippen molar-refractivity contribution in [3.63, 3.8) is 0 Å². The van der Waals surface area contributed by atoms with Gasteiger partial charge in [-0.2, -0.15) is 0 Å². The van der Waals surface area contributed by atoms with Gasteiger partial charge in [-0.3, -0.25) is 0 Å². The molecule has 2 nitrogen and oxygen atoms in total. The first-order chi connectivity index (χ1) is 9.47. The fourth-order valence-corrected chi connectivity index (χ4v) is 2.20. The van der Waals surface area contributed by atoms with E-state index in [9.17, 15) is 13.9 Å². The molecule has 0 spiro atoms. The highest BCUT2D eigenvalue weighted by atomic mass is 79.9. The van der Waals surface area contributed by atoms with Crippen LogP contribution in [0.25, 0.3) is 0 Å². The Kier molecular flexibility index (Phi) is 4.73. The number of rotatable bonds is 4. The van der Waals surface area contributed by atoms with E-state index in [1.807, 2.05) is 0 Å². The minimum Gasteiger partial charge on any atom is -0.489 e. The van der Waals surface area contributed by atoms with E-state index in [1.54, 1.807) is 12.1 Å². The summed E-state index contributed by atoms with van der Waals surface area (Å²) in [6.45, 7) is 1.68. The molecule has 2 rings (SSSR count). The highest BCUT2D eigenvalue weighted by Crippen LogP contribution is 2.24. The van der Waals surface area contributed by atoms with Gasteiger partial charge in [0, 0.05) is 21.7 Å². The predicted molar refractivity (Wildman–Crippen MR) is 75.5 cm³/mol. The van der Waals surface area contributed by atoms with Gasteiger partial charge in [-0.15, -0.1) is 0 Å². The molecule has 0 aliphatic carbocycles. The van der Waals surface area contributed by atoms with Gasteiger partial charge in [-0.1, -0.05) is 22.0 Å². The Balaban J connectivity index is 2.09. The smallest absolute Gasteiger partial charge is 0.132 e. The zero-order chi connectivity index (χ0) is 14.7. The van der Waals surface area contributed by atoms with Crippen LogP contribution >= 0.6 is 15.9 Å². The van der Waals surface area contributed by atoms with Crippen molar-refractivity contribution in [2.24, 2.45) is 0 Å². The van der Waals surface area contributed by atoms with E-state index in [1.165, 1.54) is 31.2 Å². The minimum atomic E-state index is -0.865. The largest absolute Gasteiger partial charge is 0.489 e. The molecular weight excluding hydrogens is 330 g/mol. The molecular formula is C15H13BrF2O2. The lowest BCUT2D eigenvalue weighted by atomic mass is 10.1. The van der Waals surface area contributed by atoms with Gasteiger partial charge in [-0.25, -0.2) is 8.78 Å². The molecule has 0 radical (unpaired) electrons. The summed E-state index contributed by atoms with van der Waals surface area (Å²) in [7, 11) is 0. The monoisotopic (exact) mass is 342 g/mol. The van der Waals surface area contributed by atoms with Crippen molar-refractivity contribution < 1.29 is 18.6 Å². The summed E-state index contributed by atoms with van der Waals surface area (Å²) in [5, 5.41) is 9.34. The number of halogens is 3. The third kappa shape index (κ3) is 3.55. The molecule has 0 aromatic heterocycles. The van der Waals surface area contributed by atoms with Crippen molar-refractivity contribution in [1.82, 2.24) is 0 Å². The predicted octanol–water partition coefficient (Wildman–Crippen LogP) is 4.36. The normalized spacial score (nSPS) is 12.2. The Morgan fingerprint density at radius 3 is 2.55 bits per heavy atom. The number of aliphatic hydroxyl groups is 1. The number of ether oxygens (including phenoxy) is 1. The topological polar surface area (TPSA) is 29.5 Å². The third-order valence-electron chi connectivity index (χ3n) is 2.83. The number of benzene rings is 2. The summed E-state index contributed by atoms with van der Waals surface area (Å²) in [4.78, 5) is 0. The van der Waals surface area contributed by atoms with Crippen molar-refractivity contribution in [3.8, 4) is 5.75 Å². The van der Waals surface area contributed by atoms with Gasteiger partial charge in [0.25, 0.3) is 0 Å². The van der Waals surface area contributed by atoms with Crippen LogP contribution in [0.3, 0.4) is 0 Å². The first-order valence-electron chi connectivity index (χ1n) is 6.01. The van der Waals surface area contributed by atoms with E-state index in [2.05, 4.69) is 15.9 Å². The highest BCUT2D eigenvalue weighted by molar-refractivity contribution is 9.10. The lowest BCUT2D eigenvalue weighted by Gasteiger charge is -2.11. The average Bonchev–Trinajstić information content (AvgIpc) is 2.37. The maximum absolute atomic E-state index is 13.7. The van der Waals surface area contributed by atoms with Crippen molar-refractivity contribution in [2.45, 2.75) is 19.6 Å². The lowest BCUT2D eigenvalue weighted by molar-refractivity contribution is 0.194. The Morgan fingerprint density at radius 1 is 1.20 bits per heavy atom. The van der Waals surface area contributed by atoms with Gasteiger partial charge < -0.3 is 9.84 Å². The molecule has 0 unspecified atom stereocenters. The fraction of sp³-hybridized carbons (Fsp3) is 0.200. The van der Waals surface area contributed by atoms with Crippen LogP contribution in [-0.4, -0.2) is 5.11 Å². The Labute approximate surface area is 124 Å². The van der Waals surface area contributed by atoms with Gasteiger partial charge in [-0.05, 0) is 31.2 Å². The number of hydrogen-bond donors (Lipinski definition) is 1. The van der Waals surface area contributed by atoms with E-state index < -0.39 is 11.9 Å². The second-order valence-electron chi connectivity index (χ2n) is 4.38. The maximum Gasteiger partial charge on any atom is 0.132 e. The van der Waals surface area contributed by atoms with Crippen molar-refractivity contribution in [2.75, 3.05) is 0 Å². The van der Waals surface area contributed by atoms with Crippen LogP contribution in [0, 0.1) is 11.6 Å². The van der Waals surface area contributed by atoms with E-state index in [0.29, 0.717) is 10.2 Å². The molecule has 0 fully saturated rings. The summed E-state index contributed by atoms with van der Waals surface area (Å²) in [5.41, 5.74) is 0.978. The van der Waals surface area contributed by atoms with E-state index in [-0.39, 0.29) is 18.0 Å². The number of hydrogen-bond acceptors (Lipinski definition) is 2.